The van der Waals surface area contributed by atoms with E-state index in [1.165, 1.54) is 71.2 Å². The molecule has 1 aliphatic heterocycles. The van der Waals surface area contributed by atoms with E-state index in [1.54, 1.807) is 0 Å². The lowest BCUT2D eigenvalue weighted by molar-refractivity contribution is 0.211. The Morgan fingerprint density at radius 3 is 2.12 bits per heavy atom. The molecule has 0 saturated carbocycles. The zero-order valence-electron chi connectivity index (χ0n) is 12.7. The Hall–Kier alpha value is -0.0800. The van der Waals surface area contributed by atoms with Gasteiger partial charge in [0.05, 0.1) is 0 Å². The molecule has 0 bridgehead atoms. The maximum absolute atomic E-state index is 2.64. The molecule has 1 fully saturated rings. The van der Waals surface area contributed by atoms with Gasteiger partial charge in [0.25, 0.3) is 0 Å². The summed E-state index contributed by atoms with van der Waals surface area (Å²) in [5.74, 6) is 0. The first-order chi connectivity index (χ1) is 8.33. The van der Waals surface area contributed by atoms with E-state index in [2.05, 4.69) is 23.8 Å². The number of hydrogen-bond donors (Lipinski definition) is 0. The summed E-state index contributed by atoms with van der Waals surface area (Å²) in [7, 11) is 2.26. The summed E-state index contributed by atoms with van der Waals surface area (Å²) in [5.41, 5.74) is 0. The monoisotopic (exact) mass is 242 g/mol. The van der Waals surface area contributed by atoms with Crippen LogP contribution in [0.4, 0.5) is 0 Å². The predicted octanol–water partition coefficient (Wildman–Crippen LogP) is 3.62. The van der Waals surface area contributed by atoms with Crippen molar-refractivity contribution in [3.05, 3.63) is 0 Å². The Morgan fingerprint density at radius 1 is 0.941 bits per heavy atom. The van der Waals surface area contributed by atoms with Gasteiger partial charge in [-0.2, -0.15) is 0 Å². The molecule has 0 aliphatic carbocycles. The maximum atomic E-state index is 2.64. The van der Waals surface area contributed by atoms with E-state index in [1.807, 2.05) is 13.8 Å². The van der Waals surface area contributed by atoms with E-state index in [-0.39, 0.29) is 0 Å². The van der Waals surface area contributed by atoms with Gasteiger partial charge in [0.2, 0.25) is 0 Å². The molecule has 0 spiro atoms. The van der Waals surface area contributed by atoms with Gasteiger partial charge in [-0.3, -0.25) is 0 Å². The average molecular weight is 242 g/mol. The molecule has 1 saturated heterocycles. The van der Waals surface area contributed by atoms with Crippen molar-refractivity contribution in [2.75, 3.05) is 39.8 Å². The number of piperidine rings is 1. The van der Waals surface area contributed by atoms with Crippen LogP contribution in [0.5, 0.6) is 0 Å². The van der Waals surface area contributed by atoms with Crippen molar-refractivity contribution in [2.24, 2.45) is 0 Å². The van der Waals surface area contributed by atoms with Crippen LogP contribution in [0.15, 0.2) is 0 Å². The van der Waals surface area contributed by atoms with Crippen molar-refractivity contribution in [2.45, 2.75) is 59.3 Å². The second-order valence-corrected chi connectivity index (χ2v) is 4.91. The van der Waals surface area contributed by atoms with Gasteiger partial charge in [0, 0.05) is 0 Å². The number of rotatable bonds is 7. The third kappa shape index (κ3) is 9.61. The highest BCUT2D eigenvalue weighted by atomic mass is 15.1. The maximum Gasteiger partial charge on any atom is -0.000655 e. The first-order valence-electron chi connectivity index (χ1n) is 7.74. The molecule has 0 atom stereocenters. The van der Waals surface area contributed by atoms with Crippen molar-refractivity contribution in [3.8, 4) is 0 Å². The average Bonchev–Trinajstić information content (AvgIpc) is 2.40. The minimum absolute atomic E-state index is 1.27. The lowest BCUT2D eigenvalue weighted by Gasteiger charge is -2.27. The van der Waals surface area contributed by atoms with Gasteiger partial charge >= 0.3 is 0 Å². The fourth-order valence-electron chi connectivity index (χ4n) is 2.29. The highest BCUT2D eigenvalue weighted by Crippen LogP contribution is 2.08. The highest BCUT2D eigenvalue weighted by molar-refractivity contribution is 4.65. The highest BCUT2D eigenvalue weighted by Gasteiger charge is 2.09. The van der Waals surface area contributed by atoms with E-state index in [0.717, 1.165) is 0 Å². The quantitative estimate of drug-likeness (QED) is 0.673. The summed E-state index contributed by atoms with van der Waals surface area (Å²) in [6.45, 7) is 12.8. The molecule has 0 amide bonds. The number of nitrogens with zero attached hydrogens (tertiary/aromatic N) is 2. The molecule has 0 N–H and O–H groups in total. The predicted molar refractivity (Wildman–Crippen MR) is 78.7 cm³/mol. The van der Waals surface area contributed by atoms with Gasteiger partial charge in [-0.15, -0.1) is 0 Å². The third-order valence-corrected chi connectivity index (χ3v) is 3.36. The first-order valence-corrected chi connectivity index (χ1v) is 7.74. The molecule has 1 rings (SSSR count). The van der Waals surface area contributed by atoms with Gasteiger partial charge in [-0.25, -0.2) is 0 Å². The van der Waals surface area contributed by atoms with Crippen LogP contribution in [-0.4, -0.2) is 49.6 Å². The molecule has 2 heteroatoms. The Labute approximate surface area is 109 Å². The van der Waals surface area contributed by atoms with E-state index >= 15 is 0 Å². The Kier molecular flexibility index (Phi) is 12.3. The zero-order valence-corrected chi connectivity index (χ0v) is 12.7. The summed E-state index contributed by atoms with van der Waals surface area (Å²) >= 11 is 0. The fourth-order valence-corrected chi connectivity index (χ4v) is 2.29. The van der Waals surface area contributed by atoms with Crippen LogP contribution in [0.3, 0.4) is 0 Å². The first kappa shape index (κ1) is 16.9. The second kappa shape index (κ2) is 12.4. The molecular formula is C15H34N2. The van der Waals surface area contributed by atoms with Crippen LogP contribution in [0.2, 0.25) is 0 Å². The summed E-state index contributed by atoms with van der Waals surface area (Å²) < 4.78 is 0. The summed E-state index contributed by atoms with van der Waals surface area (Å²) in [6.07, 6.45) is 8.31. The van der Waals surface area contributed by atoms with Crippen LogP contribution >= 0.6 is 0 Å². The number of hydrogen-bond acceptors (Lipinski definition) is 2. The minimum atomic E-state index is 1.27. The van der Waals surface area contributed by atoms with E-state index in [9.17, 15) is 0 Å². The van der Waals surface area contributed by atoms with Crippen LogP contribution in [0.1, 0.15) is 59.3 Å². The number of likely N-dealkylation sites (tertiary alicyclic amines) is 1. The van der Waals surface area contributed by atoms with Gasteiger partial charge in [0.15, 0.2) is 0 Å². The molecule has 1 aliphatic rings. The Balaban J connectivity index is 0.00000121. The van der Waals surface area contributed by atoms with Crippen molar-refractivity contribution < 1.29 is 0 Å². The lowest BCUT2D eigenvalue weighted by atomic mass is 10.1. The van der Waals surface area contributed by atoms with Gasteiger partial charge in [0.1, 0.15) is 0 Å². The summed E-state index contributed by atoms with van der Waals surface area (Å²) in [6, 6.07) is 0. The molecule has 0 aromatic rings. The molecule has 104 valence electrons. The molecule has 1 heterocycles. The van der Waals surface area contributed by atoms with Crippen LogP contribution in [-0.2, 0) is 0 Å². The fraction of sp³-hybridized carbons (Fsp3) is 1.00. The van der Waals surface area contributed by atoms with Crippen molar-refractivity contribution in [1.82, 2.24) is 9.80 Å². The van der Waals surface area contributed by atoms with Gasteiger partial charge < -0.3 is 9.80 Å². The Bertz CT molecular complexity index is 142. The van der Waals surface area contributed by atoms with Crippen LogP contribution in [0.25, 0.3) is 0 Å². The van der Waals surface area contributed by atoms with Crippen molar-refractivity contribution >= 4 is 0 Å². The molecule has 0 aromatic heterocycles. The number of unbranched alkanes of at least 4 members (excludes halogenated alkanes) is 1. The standard InChI is InChI=1S/C13H28N2.C2H6/c1-3-4-9-14(2)10-8-13-15-11-6-5-7-12-15;1-2/h3-13H2,1-2H3;1-2H3. The SMILES string of the molecule is CC.CCCCN(C)CCCN1CCCCC1. The molecule has 0 unspecified atom stereocenters. The third-order valence-electron chi connectivity index (χ3n) is 3.36. The van der Waals surface area contributed by atoms with Crippen molar-refractivity contribution in [3.63, 3.8) is 0 Å². The Morgan fingerprint density at radius 2 is 1.53 bits per heavy atom. The molecule has 0 aromatic carbocycles. The summed E-state index contributed by atoms with van der Waals surface area (Å²) in [5, 5.41) is 0. The van der Waals surface area contributed by atoms with E-state index in [4.69, 9.17) is 0 Å². The lowest BCUT2D eigenvalue weighted by Crippen LogP contribution is -2.32. The van der Waals surface area contributed by atoms with Crippen LogP contribution in [0, 0.1) is 0 Å². The van der Waals surface area contributed by atoms with Crippen molar-refractivity contribution in [1.29, 1.82) is 0 Å². The van der Waals surface area contributed by atoms with Gasteiger partial charge in [-0.05, 0) is 65.5 Å². The smallest absolute Gasteiger partial charge is 0.000655 e. The molecule has 2 nitrogen and oxygen atoms in total. The second-order valence-electron chi connectivity index (χ2n) is 4.91. The summed E-state index contributed by atoms with van der Waals surface area (Å²) in [4.78, 5) is 5.12. The zero-order chi connectivity index (χ0) is 12.9. The normalized spacial score (nSPS) is 16.8. The van der Waals surface area contributed by atoms with Crippen LogP contribution < -0.4 is 0 Å². The molecule has 0 radical (unpaired) electrons. The van der Waals surface area contributed by atoms with Gasteiger partial charge in [-0.1, -0.05) is 33.6 Å². The molecule has 17 heavy (non-hydrogen) atoms. The molecular weight excluding hydrogens is 208 g/mol. The largest absolute Gasteiger partial charge is 0.306 e. The topological polar surface area (TPSA) is 6.48 Å². The van der Waals surface area contributed by atoms with E-state index < -0.39 is 0 Å². The van der Waals surface area contributed by atoms with E-state index in [0.29, 0.717) is 0 Å². The minimum Gasteiger partial charge on any atom is -0.306 e.